The topological polar surface area (TPSA) is 128 Å². The number of rotatable bonds is 8. The molecule has 0 atom stereocenters. The summed E-state index contributed by atoms with van der Waals surface area (Å²) < 4.78 is 29.9. The fourth-order valence-corrected chi connectivity index (χ4v) is 4.13. The first-order valence-electron chi connectivity index (χ1n) is 11.2. The van der Waals surface area contributed by atoms with Crippen LogP contribution in [0.4, 0.5) is 4.39 Å². The lowest BCUT2D eigenvalue weighted by Gasteiger charge is -2.31. The van der Waals surface area contributed by atoms with Gasteiger partial charge in [0, 0.05) is 29.5 Å². The van der Waals surface area contributed by atoms with Gasteiger partial charge in [-0.3, -0.25) is 4.79 Å². The predicted molar refractivity (Wildman–Crippen MR) is 124 cm³/mol. The first-order valence-corrected chi connectivity index (χ1v) is 11.2. The summed E-state index contributed by atoms with van der Waals surface area (Å²) in [5.74, 6) is 1.26. The maximum atomic E-state index is 13.4. The molecule has 2 aromatic carbocycles. The Balaban J connectivity index is 0.000000795. The van der Waals surface area contributed by atoms with Crippen LogP contribution in [-0.2, 0) is 0 Å². The first-order chi connectivity index (χ1) is 16.8. The van der Waals surface area contributed by atoms with E-state index < -0.39 is 5.09 Å². The molecule has 1 aromatic heterocycles. The van der Waals surface area contributed by atoms with Gasteiger partial charge in [0.05, 0.1) is 19.4 Å². The summed E-state index contributed by atoms with van der Waals surface area (Å²) in [6, 6.07) is 9.87. The summed E-state index contributed by atoms with van der Waals surface area (Å²) in [6.07, 6.45) is 2.90. The molecule has 11 heteroatoms. The minimum absolute atomic E-state index is 0.000894. The number of nitrogens with zero attached hydrogens (tertiary/aromatic N) is 3. The molecule has 4 rings (SSSR count). The molecule has 1 aliphatic rings. The summed E-state index contributed by atoms with van der Waals surface area (Å²) in [5.41, 5.74) is 2.07. The molecule has 35 heavy (non-hydrogen) atoms. The molecule has 10 nitrogen and oxygen atoms in total. The molecule has 188 valence electrons. The smallest absolute Gasteiger partial charge is 0.291 e. The van der Waals surface area contributed by atoms with E-state index in [9.17, 15) is 9.18 Å². The maximum Gasteiger partial charge on any atom is 0.291 e. The molecular formula is C24H28FN3O7. The van der Waals surface area contributed by atoms with E-state index in [4.69, 9.17) is 29.3 Å². The Morgan fingerprint density at radius 3 is 2.63 bits per heavy atom. The van der Waals surface area contributed by atoms with Crippen LogP contribution in [0.25, 0.3) is 11.0 Å². The molecule has 0 saturated carbocycles. The summed E-state index contributed by atoms with van der Waals surface area (Å²) in [6.45, 7) is 5.03. The highest BCUT2D eigenvalue weighted by molar-refractivity contribution is 5.94. The Hall–Kier alpha value is -3.73. The highest BCUT2D eigenvalue weighted by atomic mass is 19.1. The van der Waals surface area contributed by atoms with Gasteiger partial charge in [0.15, 0.2) is 22.9 Å². The van der Waals surface area contributed by atoms with Gasteiger partial charge in [-0.1, -0.05) is 5.16 Å². The van der Waals surface area contributed by atoms with Gasteiger partial charge in [0.1, 0.15) is 5.82 Å². The van der Waals surface area contributed by atoms with E-state index in [1.165, 1.54) is 19.1 Å². The van der Waals surface area contributed by atoms with Crippen LogP contribution in [0.1, 0.15) is 48.2 Å². The molecule has 1 N–H and O–H groups in total. The molecule has 0 spiro atoms. The molecule has 1 fully saturated rings. The van der Waals surface area contributed by atoms with Gasteiger partial charge in [-0.25, -0.2) is 4.39 Å². The lowest BCUT2D eigenvalue weighted by molar-refractivity contribution is -0.742. The van der Waals surface area contributed by atoms with Crippen LogP contribution in [0.3, 0.4) is 0 Å². The lowest BCUT2D eigenvalue weighted by Crippen LogP contribution is -2.34. The molecule has 1 aliphatic heterocycles. The summed E-state index contributed by atoms with van der Waals surface area (Å²) in [7, 11) is 1.57. The van der Waals surface area contributed by atoms with Crippen LogP contribution in [0.2, 0.25) is 0 Å². The van der Waals surface area contributed by atoms with E-state index in [1.807, 2.05) is 0 Å². The number of carbonyl (C=O) groups excluding carboxylic acids is 1. The normalized spacial score (nSPS) is 14.3. The van der Waals surface area contributed by atoms with E-state index in [-0.39, 0.29) is 11.6 Å². The van der Waals surface area contributed by atoms with Crippen molar-refractivity contribution in [3.05, 3.63) is 63.6 Å². The number of ether oxygens (including phenoxy) is 2. The van der Waals surface area contributed by atoms with E-state index >= 15 is 0 Å². The number of halogens is 1. The Bertz CT molecular complexity index is 1160. The van der Waals surface area contributed by atoms with Gasteiger partial charge in [-0.15, -0.1) is 10.1 Å². The number of fused-ring (bicyclic) bond motifs is 1. The van der Waals surface area contributed by atoms with E-state index in [1.54, 1.807) is 31.4 Å². The van der Waals surface area contributed by atoms with Crippen molar-refractivity contribution in [2.45, 2.75) is 32.1 Å². The third kappa shape index (κ3) is 7.12. The predicted octanol–water partition coefficient (Wildman–Crippen LogP) is 4.48. The largest absolute Gasteiger partial charge is 0.493 e. The van der Waals surface area contributed by atoms with Crippen LogP contribution in [-0.4, -0.2) is 59.5 Å². The highest BCUT2D eigenvalue weighted by Gasteiger charge is 2.25. The summed E-state index contributed by atoms with van der Waals surface area (Å²) >= 11 is 0. The fraction of sp³-hybridized carbons (Fsp3) is 0.417. The van der Waals surface area contributed by atoms with E-state index in [0.29, 0.717) is 35.2 Å². The van der Waals surface area contributed by atoms with Crippen LogP contribution >= 0.6 is 0 Å². The Kier molecular flexibility index (Phi) is 8.96. The van der Waals surface area contributed by atoms with Crippen molar-refractivity contribution >= 4 is 16.8 Å². The summed E-state index contributed by atoms with van der Waals surface area (Å²) in [5, 5.41) is 18.8. The molecule has 0 unspecified atom stereocenters. The van der Waals surface area contributed by atoms with Gasteiger partial charge in [-0.05, 0) is 69.6 Å². The Morgan fingerprint density at radius 1 is 1.26 bits per heavy atom. The maximum absolute atomic E-state index is 13.4. The van der Waals surface area contributed by atoms with Gasteiger partial charge in [0.2, 0.25) is 0 Å². The zero-order valence-electron chi connectivity index (χ0n) is 19.6. The van der Waals surface area contributed by atoms with Gasteiger partial charge in [0.25, 0.3) is 5.09 Å². The molecule has 0 bridgehead atoms. The van der Waals surface area contributed by atoms with Crippen molar-refractivity contribution in [3.63, 3.8) is 0 Å². The van der Waals surface area contributed by atoms with Crippen molar-refractivity contribution in [1.29, 1.82) is 0 Å². The lowest BCUT2D eigenvalue weighted by atomic mass is 9.91. The van der Waals surface area contributed by atoms with Crippen LogP contribution in [0.5, 0.6) is 11.5 Å². The average molecular weight is 490 g/mol. The molecule has 3 aromatic rings. The van der Waals surface area contributed by atoms with Crippen molar-refractivity contribution in [2.75, 3.05) is 33.4 Å². The van der Waals surface area contributed by atoms with Crippen LogP contribution < -0.4 is 9.47 Å². The van der Waals surface area contributed by atoms with Crippen molar-refractivity contribution in [3.8, 4) is 11.5 Å². The number of piperidine rings is 1. The number of carbonyl (C=O) groups is 1. The minimum atomic E-state index is -1.50. The number of hydrogen-bond donors (Lipinski definition) is 1. The molecule has 0 aliphatic carbocycles. The van der Waals surface area contributed by atoms with Crippen molar-refractivity contribution in [1.82, 2.24) is 10.1 Å². The third-order valence-corrected chi connectivity index (χ3v) is 5.88. The number of aromatic nitrogens is 1. The minimum Gasteiger partial charge on any atom is -0.493 e. The Morgan fingerprint density at radius 2 is 1.97 bits per heavy atom. The van der Waals surface area contributed by atoms with Crippen molar-refractivity contribution < 1.29 is 33.5 Å². The number of ketones is 1. The molecular weight excluding hydrogens is 461 g/mol. The number of benzene rings is 2. The number of hydrogen-bond acceptors (Lipinski definition) is 8. The Labute approximate surface area is 201 Å². The highest BCUT2D eigenvalue weighted by Crippen LogP contribution is 2.33. The monoisotopic (exact) mass is 489 g/mol. The first kappa shape index (κ1) is 25.9. The van der Waals surface area contributed by atoms with Gasteiger partial charge in [-0.2, -0.15) is 0 Å². The molecule has 0 radical (unpaired) electrons. The molecule has 0 amide bonds. The SMILES string of the molecule is COc1cc(C(C)=O)ccc1OCCCN1CCC(c2noc3cc(F)ccc23)CC1.O=[N+]([O-])O. The quantitative estimate of drug-likeness (QED) is 0.211. The second-order valence-electron chi connectivity index (χ2n) is 8.19. The average Bonchev–Trinajstić information content (AvgIpc) is 3.24. The zero-order chi connectivity index (χ0) is 25.4. The van der Waals surface area contributed by atoms with Gasteiger partial charge < -0.3 is 24.1 Å². The van der Waals surface area contributed by atoms with E-state index in [2.05, 4.69) is 10.1 Å². The number of methoxy groups -OCH3 is 1. The molecule has 2 heterocycles. The standard InChI is InChI=1S/C24H27FN2O4.HNO3/c1-16(28)18-4-7-21(23(14-18)29-2)30-13-3-10-27-11-8-17(9-12-27)24-20-6-5-19(25)15-22(20)31-26-24;2-1(3)4/h4-7,14-15,17H,3,8-13H2,1-2H3;(H,2,3,4). The van der Waals surface area contributed by atoms with Gasteiger partial charge >= 0.3 is 0 Å². The number of likely N-dealkylation sites (tertiary alicyclic amines) is 1. The second-order valence-corrected chi connectivity index (χ2v) is 8.19. The second kappa shape index (κ2) is 12.1. The summed E-state index contributed by atoms with van der Waals surface area (Å²) in [4.78, 5) is 22.3. The zero-order valence-corrected chi connectivity index (χ0v) is 19.6. The van der Waals surface area contributed by atoms with Crippen LogP contribution in [0, 0.1) is 15.9 Å². The number of Topliss-reactive ketones (excluding diaryl/α,β-unsaturated/α-hetero) is 1. The third-order valence-electron chi connectivity index (χ3n) is 5.88. The van der Waals surface area contributed by atoms with Crippen molar-refractivity contribution in [2.24, 2.45) is 0 Å². The fourth-order valence-electron chi connectivity index (χ4n) is 4.13. The van der Waals surface area contributed by atoms with E-state index in [0.717, 1.165) is 50.0 Å². The molecule has 1 saturated heterocycles. The van der Waals surface area contributed by atoms with Crippen LogP contribution in [0.15, 0.2) is 40.9 Å².